The van der Waals surface area contributed by atoms with E-state index in [1.807, 2.05) is 0 Å². The Kier molecular flexibility index (Phi) is 1.90. The van der Waals surface area contributed by atoms with Crippen molar-refractivity contribution in [2.75, 3.05) is 19.6 Å². The fourth-order valence-electron chi connectivity index (χ4n) is 2.29. The largest absolute Gasteiger partial charge is 0.312 e. The van der Waals surface area contributed by atoms with Crippen LogP contribution in [0.5, 0.6) is 0 Å². The molecule has 2 aliphatic rings. The van der Waals surface area contributed by atoms with Gasteiger partial charge in [0.05, 0.1) is 0 Å². The van der Waals surface area contributed by atoms with Crippen LogP contribution in [0.3, 0.4) is 0 Å². The van der Waals surface area contributed by atoms with Gasteiger partial charge in [0.1, 0.15) is 0 Å². The van der Waals surface area contributed by atoms with Crippen LogP contribution in [0.15, 0.2) is 0 Å². The first-order chi connectivity index (χ1) is 5.25. The summed E-state index contributed by atoms with van der Waals surface area (Å²) in [7, 11) is 0. The summed E-state index contributed by atoms with van der Waals surface area (Å²) in [6.45, 7) is 8.44. The Morgan fingerprint density at radius 3 is 2.82 bits per heavy atom. The third-order valence-electron chi connectivity index (χ3n) is 2.99. The molecule has 2 aliphatic heterocycles. The average molecular weight is 154 g/mol. The van der Waals surface area contributed by atoms with Gasteiger partial charge in [0.25, 0.3) is 0 Å². The topological polar surface area (TPSA) is 15.3 Å². The zero-order chi connectivity index (χ0) is 7.84. The Morgan fingerprint density at radius 2 is 2.18 bits per heavy atom. The van der Waals surface area contributed by atoms with Crippen molar-refractivity contribution in [2.24, 2.45) is 5.92 Å². The Bertz CT molecular complexity index is 132. The molecule has 1 N–H and O–H groups in total. The van der Waals surface area contributed by atoms with Crippen molar-refractivity contribution in [3.8, 4) is 0 Å². The molecule has 2 nitrogen and oxygen atoms in total. The molecule has 2 heterocycles. The van der Waals surface area contributed by atoms with Gasteiger partial charge in [0.2, 0.25) is 0 Å². The van der Waals surface area contributed by atoms with Crippen LogP contribution < -0.4 is 5.32 Å². The van der Waals surface area contributed by atoms with Crippen LogP contribution in [0, 0.1) is 5.92 Å². The Balaban J connectivity index is 1.97. The van der Waals surface area contributed by atoms with Crippen molar-refractivity contribution in [3.63, 3.8) is 0 Å². The lowest BCUT2D eigenvalue weighted by atomic mass is 9.99. The maximum atomic E-state index is 3.56. The molecule has 2 rings (SSSR count). The number of likely N-dealkylation sites (tertiary alicyclic amines) is 1. The van der Waals surface area contributed by atoms with Crippen molar-refractivity contribution in [1.82, 2.24) is 10.2 Å². The van der Waals surface area contributed by atoms with E-state index in [1.165, 1.54) is 26.1 Å². The minimum Gasteiger partial charge on any atom is -0.312 e. The summed E-state index contributed by atoms with van der Waals surface area (Å²) in [4.78, 5) is 2.60. The molecule has 0 radical (unpaired) electrons. The molecule has 2 fully saturated rings. The summed E-state index contributed by atoms with van der Waals surface area (Å²) in [6, 6.07) is 1.54. The zero-order valence-corrected chi connectivity index (χ0v) is 7.51. The van der Waals surface area contributed by atoms with Crippen molar-refractivity contribution in [3.05, 3.63) is 0 Å². The number of nitrogens with one attached hydrogen (secondary N) is 1. The first-order valence-electron chi connectivity index (χ1n) is 4.73. The van der Waals surface area contributed by atoms with E-state index in [4.69, 9.17) is 0 Å². The summed E-state index contributed by atoms with van der Waals surface area (Å²) in [5, 5.41) is 3.56. The SMILES string of the molecule is CC(C)N1C[C@@H]2CN[C@@H](C2)C1. The van der Waals surface area contributed by atoms with E-state index in [-0.39, 0.29) is 0 Å². The second-order valence-corrected chi connectivity index (χ2v) is 4.25. The van der Waals surface area contributed by atoms with E-state index < -0.39 is 0 Å². The van der Waals surface area contributed by atoms with Gasteiger partial charge >= 0.3 is 0 Å². The number of rotatable bonds is 1. The second kappa shape index (κ2) is 2.76. The molecule has 64 valence electrons. The number of piperidine rings is 1. The van der Waals surface area contributed by atoms with Crippen LogP contribution in [0.4, 0.5) is 0 Å². The van der Waals surface area contributed by atoms with Gasteiger partial charge in [-0.25, -0.2) is 0 Å². The lowest BCUT2D eigenvalue weighted by Crippen LogP contribution is -2.44. The molecule has 2 saturated heterocycles. The van der Waals surface area contributed by atoms with Crippen LogP contribution in [-0.2, 0) is 0 Å². The van der Waals surface area contributed by atoms with Crippen LogP contribution in [0.25, 0.3) is 0 Å². The summed E-state index contributed by atoms with van der Waals surface area (Å²) >= 11 is 0. The first kappa shape index (κ1) is 7.56. The lowest BCUT2D eigenvalue weighted by Gasteiger charge is -2.33. The molecule has 11 heavy (non-hydrogen) atoms. The maximum Gasteiger partial charge on any atom is 0.0198 e. The third-order valence-corrected chi connectivity index (χ3v) is 2.99. The van der Waals surface area contributed by atoms with Crippen molar-refractivity contribution >= 4 is 0 Å². The van der Waals surface area contributed by atoms with Crippen molar-refractivity contribution in [2.45, 2.75) is 32.4 Å². The number of nitrogens with zero attached hydrogens (tertiary/aromatic N) is 1. The molecule has 0 aliphatic carbocycles. The lowest BCUT2D eigenvalue weighted by molar-refractivity contribution is 0.155. The maximum absolute atomic E-state index is 3.56. The molecule has 0 unspecified atom stereocenters. The smallest absolute Gasteiger partial charge is 0.0198 e. The normalized spacial score (nSPS) is 38.5. The van der Waals surface area contributed by atoms with Gasteiger partial charge < -0.3 is 5.32 Å². The van der Waals surface area contributed by atoms with Crippen molar-refractivity contribution in [1.29, 1.82) is 0 Å². The van der Waals surface area contributed by atoms with E-state index in [2.05, 4.69) is 24.1 Å². The summed E-state index contributed by atoms with van der Waals surface area (Å²) < 4.78 is 0. The highest BCUT2D eigenvalue weighted by molar-refractivity contribution is 4.91. The summed E-state index contributed by atoms with van der Waals surface area (Å²) in [6.07, 6.45) is 1.42. The molecule has 0 aromatic rings. The average Bonchev–Trinajstić information content (AvgIpc) is 2.30. The predicted octanol–water partition coefficient (Wildman–Crippen LogP) is 0.689. The molecule has 2 atom stereocenters. The summed E-state index contributed by atoms with van der Waals surface area (Å²) in [5.41, 5.74) is 0. The molecular weight excluding hydrogens is 136 g/mol. The minimum absolute atomic E-state index is 0.736. The molecule has 2 heteroatoms. The van der Waals surface area contributed by atoms with Crippen LogP contribution >= 0.6 is 0 Å². The first-order valence-corrected chi connectivity index (χ1v) is 4.73. The van der Waals surface area contributed by atoms with E-state index in [9.17, 15) is 0 Å². The highest BCUT2D eigenvalue weighted by atomic mass is 15.2. The molecule has 0 saturated carbocycles. The number of hydrogen-bond acceptors (Lipinski definition) is 2. The van der Waals surface area contributed by atoms with Crippen molar-refractivity contribution < 1.29 is 0 Å². The molecule has 0 amide bonds. The van der Waals surface area contributed by atoms with Crippen LogP contribution in [-0.4, -0.2) is 36.6 Å². The van der Waals surface area contributed by atoms with E-state index in [0.29, 0.717) is 0 Å². The molecule has 2 bridgehead atoms. The fourth-order valence-corrected chi connectivity index (χ4v) is 2.29. The second-order valence-electron chi connectivity index (χ2n) is 4.25. The highest BCUT2D eigenvalue weighted by Crippen LogP contribution is 2.23. The van der Waals surface area contributed by atoms with E-state index in [1.54, 1.807) is 0 Å². The van der Waals surface area contributed by atoms with Gasteiger partial charge in [0, 0.05) is 25.2 Å². The summed E-state index contributed by atoms with van der Waals surface area (Å²) in [5.74, 6) is 0.941. The quantitative estimate of drug-likeness (QED) is 0.598. The number of fused-ring (bicyclic) bond motifs is 2. The Labute approximate surface area is 69.0 Å². The van der Waals surface area contributed by atoms with Gasteiger partial charge in [-0.3, -0.25) is 4.90 Å². The predicted molar refractivity (Wildman–Crippen MR) is 46.6 cm³/mol. The van der Waals surface area contributed by atoms with Crippen LogP contribution in [0.1, 0.15) is 20.3 Å². The van der Waals surface area contributed by atoms with Crippen LogP contribution in [0.2, 0.25) is 0 Å². The highest BCUT2D eigenvalue weighted by Gasteiger charge is 2.32. The van der Waals surface area contributed by atoms with E-state index in [0.717, 1.165) is 18.0 Å². The van der Waals surface area contributed by atoms with E-state index >= 15 is 0 Å². The van der Waals surface area contributed by atoms with Gasteiger partial charge in [-0.2, -0.15) is 0 Å². The van der Waals surface area contributed by atoms with Gasteiger partial charge in [-0.05, 0) is 32.7 Å². The molecule has 0 spiro atoms. The van der Waals surface area contributed by atoms with Gasteiger partial charge in [-0.1, -0.05) is 0 Å². The monoisotopic (exact) mass is 154 g/mol. The minimum atomic E-state index is 0.736. The van der Waals surface area contributed by atoms with Gasteiger partial charge in [-0.15, -0.1) is 0 Å². The zero-order valence-electron chi connectivity index (χ0n) is 7.51. The molecule has 0 aromatic heterocycles. The Morgan fingerprint density at radius 1 is 1.36 bits per heavy atom. The molecular formula is C9H18N2. The third kappa shape index (κ3) is 1.42. The standard InChI is InChI=1S/C9H18N2/c1-7(2)11-5-8-3-9(6-11)10-4-8/h7-10H,3-6H2,1-2H3/t8-,9-/m0/s1. The number of hydrogen-bond donors (Lipinski definition) is 1. The molecule has 0 aromatic carbocycles. The Hall–Kier alpha value is -0.0800. The van der Waals surface area contributed by atoms with Gasteiger partial charge in [0.15, 0.2) is 0 Å². The fraction of sp³-hybridized carbons (Fsp3) is 1.00.